The number of rotatable bonds is 3. The van der Waals surface area contributed by atoms with Gasteiger partial charge >= 0.3 is 0 Å². The Bertz CT molecular complexity index is 545. The molecule has 0 aromatic heterocycles. The van der Waals surface area contributed by atoms with Crippen LogP contribution < -0.4 is 10.1 Å². The molecule has 0 radical (unpaired) electrons. The van der Waals surface area contributed by atoms with E-state index in [-0.39, 0.29) is 18.1 Å². The van der Waals surface area contributed by atoms with Crippen LogP contribution in [-0.4, -0.2) is 29.8 Å². The molecule has 1 amide bonds. The Balaban J connectivity index is 1.54. The molecule has 2 N–H and O–H groups in total. The molecule has 1 aromatic rings. The van der Waals surface area contributed by atoms with E-state index in [1.165, 1.54) is 5.56 Å². The minimum absolute atomic E-state index is 0.0619. The van der Waals surface area contributed by atoms with Crippen molar-refractivity contribution in [1.82, 2.24) is 5.32 Å². The van der Waals surface area contributed by atoms with Gasteiger partial charge in [0.2, 0.25) is 5.91 Å². The first-order valence-corrected chi connectivity index (χ1v) is 7.63. The zero-order chi connectivity index (χ0) is 14.7. The Labute approximate surface area is 124 Å². The molecule has 1 aromatic carbocycles. The van der Waals surface area contributed by atoms with Crippen LogP contribution in [0.2, 0.25) is 0 Å². The van der Waals surface area contributed by atoms with Gasteiger partial charge in [0.25, 0.3) is 0 Å². The van der Waals surface area contributed by atoms with E-state index < -0.39 is 0 Å². The predicted molar refractivity (Wildman–Crippen MR) is 81.1 cm³/mol. The Hall–Kier alpha value is -1.81. The number of carbonyl (C=O) groups is 1. The highest BCUT2D eigenvalue weighted by Gasteiger charge is 2.19. The molecule has 1 fully saturated rings. The second-order valence-electron chi connectivity index (χ2n) is 5.81. The minimum atomic E-state index is -0.192. The van der Waals surface area contributed by atoms with Crippen LogP contribution in [0.1, 0.15) is 36.8 Å². The van der Waals surface area contributed by atoms with Crippen LogP contribution in [0.5, 0.6) is 5.75 Å². The molecule has 0 spiro atoms. The Kier molecular flexibility index (Phi) is 4.25. The largest absolute Gasteiger partial charge is 0.493 e. The van der Waals surface area contributed by atoms with Crippen molar-refractivity contribution in [3.05, 3.63) is 35.4 Å². The monoisotopic (exact) mass is 287 g/mol. The molecule has 2 aliphatic rings. The summed E-state index contributed by atoms with van der Waals surface area (Å²) < 4.78 is 5.46. The second kappa shape index (κ2) is 6.31. The highest BCUT2D eigenvalue weighted by Crippen LogP contribution is 2.26. The molecule has 0 atom stereocenters. The third kappa shape index (κ3) is 3.64. The number of aliphatic hydroxyl groups excluding tert-OH is 1. The van der Waals surface area contributed by atoms with E-state index in [2.05, 4.69) is 11.4 Å². The molecule has 1 saturated carbocycles. The number of amides is 1. The van der Waals surface area contributed by atoms with Gasteiger partial charge in [-0.2, -0.15) is 0 Å². The van der Waals surface area contributed by atoms with E-state index in [1.807, 2.05) is 18.2 Å². The summed E-state index contributed by atoms with van der Waals surface area (Å²) in [5.74, 6) is 0.894. The molecule has 21 heavy (non-hydrogen) atoms. The van der Waals surface area contributed by atoms with Gasteiger partial charge in [-0.15, -0.1) is 0 Å². The Morgan fingerprint density at radius 2 is 2.10 bits per heavy atom. The summed E-state index contributed by atoms with van der Waals surface area (Å²) in [6.07, 6.45) is 7.44. The number of hydrogen-bond donors (Lipinski definition) is 2. The molecule has 1 heterocycles. The average molecular weight is 287 g/mol. The normalized spacial score (nSPS) is 24.6. The van der Waals surface area contributed by atoms with Gasteiger partial charge in [-0.3, -0.25) is 4.79 Å². The number of fused-ring (bicyclic) bond motifs is 1. The number of nitrogens with one attached hydrogen (secondary N) is 1. The van der Waals surface area contributed by atoms with Crippen LogP contribution in [0, 0.1) is 0 Å². The van der Waals surface area contributed by atoms with Gasteiger partial charge in [-0.25, -0.2) is 0 Å². The zero-order valence-corrected chi connectivity index (χ0v) is 12.0. The van der Waals surface area contributed by atoms with Gasteiger partial charge < -0.3 is 15.2 Å². The summed E-state index contributed by atoms with van der Waals surface area (Å²) in [6, 6.07) is 6.19. The third-order valence-corrected chi connectivity index (χ3v) is 4.18. The lowest BCUT2D eigenvalue weighted by Gasteiger charge is -2.25. The van der Waals surface area contributed by atoms with Crippen molar-refractivity contribution in [3.8, 4) is 5.75 Å². The van der Waals surface area contributed by atoms with Crippen LogP contribution in [-0.2, 0) is 11.2 Å². The first-order chi connectivity index (χ1) is 10.2. The van der Waals surface area contributed by atoms with Crippen LogP contribution in [0.25, 0.3) is 6.08 Å². The van der Waals surface area contributed by atoms with Gasteiger partial charge in [0.05, 0.1) is 12.7 Å². The fourth-order valence-corrected chi connectivity index (χ4v) is 2.95. The molecular weight excluding hydrogens is 266 g/mol. The van der Waals surface area contributed by atoms with Crippen molar-refractivity contribution in [2.75, 3.05) is 6.61 Å². The van der Waals surface area contributed by atoms with Gasteiger partial charge in [0.15, 0.2) is 0 Å². The average Bonchev–Trinajstić information content (AvgIpc) is 2.95. The lowest BCUT2D eigenvalue weighted by molar-refractivity contribution is -0.117. The lowest BCUT2D eigenvalue weighted by Crippen LogP contribution is -2.37. The maximum absolute atomic E-state index is 11.9. The van der Waals surface area contributed by atoms with Crippen molar-refractivity contribution in [3.63, 3.8) is 0 Å². The standard InChI is InChI=1S/C17H21NO3/c19-15-5-3-14(4-6-15)18-17(20)8-2-12-1-7-16-13(11-12)9-10-21-16/h1-2,7-8,11,14-15,19H,3-6,9-10H2,(H,18,20). The topological polar surface area (TPSA) is 58.6 Å². The molecule has 1 aliphatic heterocycles. The quantitative estimate of drug-likeness (QED) is 0.837. The molecule has 112 valence electrons. The molecule has 0 saturated heterocycles. The smallest absolute Gasteiger partial charge is 0.244 e. The van der Waals surface area contributed by atoms with Gasteiger partial charge in [0, 0.05) is 18.5 Å². The number of ether oxygens (including phenoxy) is 1. The predicted octanol–water partition coefficient (Wildman–Crippen LogP) is 2.05. The number of carbonyl (C=O) groups excluding carboxylic acids is 1. The van der Waals surface area contributed by atoms with E-state index in [0.717, 1.165) is 50.0 Å². The number of aliphatic hydroxyl groups is 1. The highest BCUT2D eigenvalue weighted by atomic mass is 16.5. The van der Waals surface area contributed by atoms with E-state index in [9.17, 15) is 9.90 Å². The van der Waals surface area contributed by atoms with E-state index in [1.54, 1.807) is 6.08 Å². The molecule has 4 heteroatoms. The van der Waals surface area contributed by atoms with E-state index in [4.69, 9.17) is 4.74 Å². The lowest BCUT2D eigenvalue weighted by atomic mass is 9.93. The fourth-order valence-electron chi connectivity index (χ4n) is 2.95. The molecule has 1 aliphatic carbocycles. The Morgan fingerprint density at radius 3 is 2.90 bits per heavy atom. The summed E-state index contributed by atoms with van der Waals surface area (Å²) in [7, 11) is 0. The highest BCUT2D eigenvalue weighted by molar-refractivity contribution is 5.92. The number of hydrogen-bond acceptors (Lipinski definition) is 3. The fraction of sp³-hybridized carbons (Fsp3) is 0.471. The van der Waals surface area contributed by atoms with Crippen LogP contribution in [0.15, 0.2) is 24.3 Å². The zero-order valence-electron chi connectivity index (χ0n) is 12.0. The van der Waals surface area contributed by atoms with E-state index >= 15 is 0 Å². The van der Waals surface area contributed by atoms with Crippen molar-refractivity contribution >= 4 is 12.0 Å². The Morgan fingerprint density at radius 1 is 1.29 bits per heavy atom. The van der Waals surface area contributed by atoms with Crippen LogP contribution in [0.3, 0.4) is 0 Å². The van der Waals surface area contributed by atoms with Crippen molar-refractivity contribution < 1.29 is 14.6 Å². The summed E-state index contributed by atoms with van der Waals surface area (Å²) in [4.78, 5) is 11.9. The molecule has 0 unspecified atom stereocenters. The van der Waals surface area contributed by atoms with Crippen LogP contribution in [0.4, 0.5) is 0 Å². The van der Waals surface area contributed by atoms with Gasteiger partial charge in [-0.05, 0) is 55.0 Å². The van der Waals surface area contributed by atoms with E-state index in [0.29, 0.717) is 0 Å². The summed E-state index contributed by atoms with van der Waals surface area (Å²) in [5, 5.41) is 12.5. The van der Waals surface area contributed by atoms with Crippen molar-refractivity contribution in [1.29, 1.82) is 0 Å². The maximum atomic E-state index is 11.9. The minimum Gasteiger partial charge on any atom is -0.493 e. The van der Waals surface area contributed by atoms with Crippen molar-refractivity contribution in [2.45, 2.75) is 44.2 Å². The first-order valence-electron chi connectivity index (χ1n) is 7.63. The summed E-state index contributed by atoms with van der Waals surface area (Å²) in [5.41, 5.74) is 2.23. The van der Waals surface area contributed by atoms with Gasteiger partial charge in [0.1, 0.15) is 5.75 Å². The number of benzene rings is 1. The molecule has 4 nitrogen and oxygen atoms in total. The molecular formula is C17H21NO3. The van der Waals surface area contributed by atoms with Gasteiger partial charge in [-0.1, -0.05) is 6.07 Å². The molecule has 3 rings (SSSR count). The third-order valence-electron chi connectivity index (χ3n) is 4.18. The van der Waals surface area contributed by atoms with Crippen molar-refractivity contribution in [2.24, 2.45) is 0 Å². The summed E-state index contributed by atoms with van der Waals surface area (Å²) >= 11 is 0. The SMILES string of the molecule is O=C(C=Cc1ccc2c(c1)CCO2)NC1CCC(O)CC1. The second-order valence-corrected chi connectivity index (χ2v) is 5.81. The first kappa shape index (κ1) is 14.1. The summed E-state index contributed by atoms with van der Waals surface area (Å²) in [6.45, 7) is 0.747. The van der Waals surface area contributed by atoms with Crippen LogP contribution >= 0.6 is 0 Å². The maximum Gasteiger partial charge on any atom is 0.244 e. The molecule has 0 bridgehead atoms.